The first-order valence-electron chi connectivity index (χ1n) is 14.7. The molecule has 1 atom stereocenters. The third-order valence-electron chi connectivity index (χ3n) is 7.49. The standard InChI is InChI=1S/C31H39N9O4/c1-5-39(12-15-43-4)13-16-44-23-8-6-7-22(17-23)29-24-19-33-28(18-26(24)40(37-29)21(2)10-14-41)35-27-9-11-32-30(36-27)25-20-34-38(3)31(25)42/h6-9,11,17-21,34,41H,5,10,12-16H2,1-4H3,(H,32,33,35,36). The van der Waals surface area contributed by atoms with Gasteiger partial charge in [-0.3, -0.25) is 19.1 Å². The summed E-state index contributed by atoms with van der Waals surface area (Å²) in [7, 11) is 3.35. The number of aromatic nitrogens is 7. The van der Waals surface area contributed by atoms with Crippen LogP contribution >= 0.6 is 0 Å². The van der Waals surface area contributed by atoms with Crippen molar-refractivity contribution in [3.05, 3.63) is 65.3 Å². The molecule has 0 amide bonds. The second kappa shape index (κ2) is 14.3. The molecule has 0 bridgehead atoms. The number of H-pyrrole nitrogens is 1. The summed E-state index contributed by atoms with van der Waals surface area (Å²) in [4.78, 5) is 28.1. The monoisotopic (exact) mass is 601 g/mol. The van der Waals surface area contributed by atoms with Gasteiger partial charge in [0.15, 0.2) is 5.82 Å². The van der Waals surface area contributed by atoms with E-state index < -0.39 is 0 Å². The minimum absolute atomic E-state index is 0.0405. The van der Waals surface area contributed by atoms with E-state index in [0.29, 0.717) is 42.7 Å². The minimum Gasteiger partial charge on any atom is -0.492 e. The highest BCUT2D eigenvalue weighted by Crippen LogP contribution is 2.33. The largest absolute Gasteiger partial charge is 0.492 e. The molecule has 3 N–H and O–H groups in total. The Balaban J connectivity index is 1.41. The molecule has 0 aliphatic heterocycles. The van der Waals surface area contributed by atoms with E-state index in [1.54, 1.807) is 38.8 Å². The van der Waals surface area contributed by atoms with Crippen LogP contribution in [0.25, 0.3) is 33.5 Å². The van der Waals surface area contributed by atoms with Gasteiger partial charge in [0, 0.05) is 69.5 Å². The van der Waals surface area contributed by atoms with Crippen molar-refractivity contribution >= 4 is 22.5 Å². The van der Waals surface area contributed by atoms with Gasteiger partial charge in [-0.05, 0) is 38.1 Å². The fraction of sp³-hybridized carbons (Fsp3) is 0.387. The summed E-state index contributed by atoms with van der Waals surface area (Å²) in [5.41, 5.74) is 2.70. The number of benzene rings is 1. The average Bonchev–Trinajstić information content (AvgIpc) is 3.58. The molecule has 0 saturated heterocycles. The molecule has 1 aromatic carbocycles. The van der Waals surface area contributed by atoms with Gasteiger partial charge < -0.3 is 25.0 Å². The predicted octanol–water partition coefficient (Wildman–Crippen LogP) is 3.62. The SMILES string of the molecule is CCN(CCOC)CCOc1cccc(-c2nn(C(C)CCO)c3cc(Nc4ccnc(-c5c[nH]n(C)c5=O)n4)ncc23)c1. The Hall–Kier alpha value is -4.59. The molecule has 0 aliphatic rings. The number of likely N-dealkylation sites (N-methyl/N-ethyl adjacent to an activating group) is 1. The number of pyridine rings is 1. The highest BCUT2D eigenvalue weighted by Gasteiger charge is 2.18. The molecule has 0 saturated carbocycles. The van der Waals surface area contributed by atoms with Crippen molar-refractivity contribution < 1.29 is 14.6 Å². The molecule has 5 rings (SSSR count). The van der Waals surface area contributed by atoms with E-state index >= 15 is 0 Å². The number of methoxy groups -OCH3 is 1. The number of aliphatic hydroxyl groups is 1. The molecule has 1 unspecified atom stereocenters. The van der Waals surface area contributed by atoms with Crippen molar-refractivity contribution in [1.29, 1.82) is 0 Å². The van der Waals surface area contributed by atoms with Crippen molar-refractivity contribution in [2.45, 2.75) is 26.3 Å². The number of fused-ring (bicyclic) bond motifs is 1. The van der Waals surface area contributed by atoms with Gasteiger partial charge >= 0.3 is 0 Å². The number of aliphatic hydroxyl groups excluding tert-OH is 1. The number of hydrogen-bond donors (Lipinski definition) is 3. The molecule has 44 heavy (non-hydrogen) atoms. The van der Waals surface area contributed by atoms with E-state index in [1.807, 2.05) is 41.9 Å². The van der Waals surface area contributed by atoms with Crippen LogP contribution in [0.4, 0.5) is 11.6 Å². The number of rotatable bonds is 15. The molecule has 4 aromatic heterocycles. The number of nitrogens with one attached hydrogen (secondary N) is 2. The van der Waals surface area contributed by atoms with Gasteiger partial charge in [0.2, 0.25) is 0 Å². The molecule has 232 valence electrons. The Labute approximate surface area is 255 Å². The van der Waals surface area contributed by atoms with Crippen LogP contribution in [0, 0.1) is 0 Å². The second-order valence-corrected chi connectivity index (χ2v) is 10.5. The Bertz CT molecular complexity index is 1750. The summed E-state index contributed by atoms with van der Waals surface area (Å²) in [6.07, 6.45) is 5.50. The van der Waals surface area contributed by atoms with Gasteiger partial charge in [0.25, 0.3) is 5.56 Å². The molecule has 0 radical (unpaired) electrons. The normalized spacial score (nSPS) is 12.2. The van der Waals surface area contributed by atoms with Crippen molar-refractivity contribution in [3.8, 4) is 28.4 Å². The average molecular weight is 602 g/mol. The Morgan fingerprint density at radius 3 is 2.73 bits per heavy atom. The third kappa shape index (κ3) is 6.96. The number of aromatic amines is 1. The molecule has 13 nitrogen and oxygen atoms in total. The topological polar surface area (TPSA) is 148 Å². The zero-order chi connectivity index (χ0) is 31.1. The van der Waals surface area contributed by atoms with Crippen LogP contribution in [-0.2, 0) is 11.8 Å². The number of nitrogens with zero attached hydrogens (tertiary/aromatic N) is 7. The first-order valence-corrected chi connectivity index (χ1v) is 14.7. The Morgan fingerprint density at radius 2 is 1.98 bits per heavy atom. The first kappa shape index (κ1) is 30.9. The van der Waals surface area contributed by atoms with E-state index in [2.05, 4.69) is 37.2 Å². The maximum absolute atomic E-state index is 12.4. The van der Waals surface area contributed by atoms with Crippen LogP contribution in [0.5, 0.6) is 5.75 Å². The zero-order valence-corrected chi connectivity index (χ0v) is 25.5. The first-order chi connectivity index (χ1) is 21.4. The van der Waals surface area contributed by atoms with Crippen LogP contribution in [0.2, 0.25) is 0 Å². The molecule has 0 aliphatic carbocycles. The molecule has 5 aromatic rings. The lowest BCUT2D eigenvalue weighted by atomic mass is 10.1. The molecule has 0 fully saturated rings. The maximum Gasteiger partial charge on any atom is 0.277 e. The lowest BCUT2D eigenvalue weighted by molar-refractivity contribution is 0.138. The summed E-state index contributed by atoms with van der Waals surface area (Å²) in [6.45, 7) is 8.03. The lowest BCUT2D eigenvalue weighted by Gasteiger charge is -2.20. The Kier molecular flexibility index (Phi) is 10.00. The number of aryl methyl sites for hydroxylation is 1. The van der Waals surface area contributed by atoms with E-state index in [9.17, 15) is 9.90 Å². The molecular formula is C31H39N9O4. The summed E-state index contributed by atoms with van der Waals surface area (Å²) >= 11 is 0. The highest BCUT2D eigenvalue weighted by atomic mass is 16.5. The van der Waals surface area contributed by atoms with Crippen LogP contribution in [0.1, 0.15) is 26.3 Å². The number of anilines is 2. The van der Waals surface area contributed by atoms with E-state index in [1.165, 1.54) is 4.68 Å². The van der Waals surface area contributed by atoms with Gasteiger partial charge in [-0.15, -0.1) is 0 Å². The predicted molar refractivity (Wildman–Crippen MR) is 169 cm³/mol. The van der Waals surface area contributed by atoms with Crippen molar-refractivity contribution in [2.75, 3.05) is 51.9 Å². The smallest absolute Gasteiger partial charge is 0.277 e. The molecular weight excluding hydrogens is 562 g/mol. The molecule has 4 heterocycles. The van der Waals surface area contributed by atoms with Gasteiger partial charge in [0.05, 0.1) is 18.2 Å². The zero-order valence-electron chi connectivity index (χ0n) is 25.5. The summed E-state index contributed by atoms with van der Waals surface area (Å²) in [5.74, 6) is 2.12. The fourth-order valence-electron chi connectivity index (χ4n) is 4.95. The summed E-state index contributed by atoms with van der Waals surface area (Å²) in [5, 5.41) is 21.6. The third-order valence-corrected chi connectivity index (χ3v) is 7.49. The Morgan fingerprint density at radius 1 is 1.14 bits per heavy atom. The second-order valence-electron chi connectivity index (χ2n) is 10.5. The minimum atomic E-state index is -0.213. The quantitative estimate of drug-likeness (QED) is 0.162. The molecule has 0 spiro atoms. The van der Waals surface area contributed by atoms with E-state index in [0.717, 1.165) is 47.5 Å². The lowest BCUT2D eigenvalue weighted by Crippen LogP contribution is -2.31. The van der Waals surface area contributed by atoms with Gasteiger partial charge in [0.1, 0.15) is 35.2 Å². The van der Waals surface area contributed by atoms with Crippen molar-refractivity contribution in [2.24, 2.45) is 7.05 Å². The fourth-order valence-corrected chi connectivity index (χ4v) is 4.95. The number of hydrogen-bond acceptors (Lipinski definition) is 10. The maximum atomic E-state index is 12.4. The highest BCUT2D eigenvalue weighted by molar-refractivity contribution is 5.94. The van der Waals surface area contributed by atoms with Crippen molar-refractivity contribution in [3.63, 3.8) is 0 Å². The van der Waals surface area contributed by atoms with E-state index in [-0.39, 0.29) is 18.2 Å². The van der Waals surface area contributed by atoms with Crippen LogP contribution < -0.4 is 15.6 Å². The van der Waals surface area contributed by atoms with Gasteiger partial charge in [-0.1, -0.05) is 19.1 Å². The van der Waals surface area contributed by atoms with Crippen LogP contribution in [0.15, 0.2) is 59.8 Å². The van der Waals surface area contributed by atoms with Crippen LogP contribution in [-0.4, -0.2) is 91.1 Å². The van der Waals surface area contributed by atoms with Crippen LogP contribution in [0.3, 0.4) is 0 Å². The number of ether oxygens (including phenoxy) is 2. The van der Waals surface area contributed by atoms with Gasteiger partial charge in [-0.2, -0.15) is 5.10 Å². The summed E-state index contributed by atoms with van der Waals surface area (Å²) < 4.78 is 14.6. The van der Waals surface area contributed by atoms with Crippen molar-refractivity contribution in [1.82, 2.24) is 39.4 Å². The van der Waals surface area contributed by atoms with E-state index in [4.69, 9.17) is 14.6 Å². The van der Waals surface area contributed by atoms with Gasteiger partial charge in [-0.25, -0.2) is 15.0 Å². The summed E-state index contributed by atoms with van der Waals surface area (Å²) in [6, 6.07) is 11.5. The molecule has 13 heteroatoms.